The Kier molecular flexibility index (Phi) is 6.22. The predicted molar refractivity (Wildman–Crippen MR) is 102 cm³/mol. The van der Waals surface area contributed by atoms with Crippen molar-refractivity contribution in [1.29, 1.82) is 0 Å². The molecule has 0 saturated carbocycles. The molecule has 0 aliphatic heterocycles. The first kappa shape index (κ1) is 23.6. The number of anilines is 1. The van der Waals surface area contributed by atoms with Gasteiger partial charge >= 0.3 is 12.1 Å². The fourth-order valence-corrected chi connectivity index (χ4v) is 3.57. The Hall–Kier alpha value is -3.10. The topological polar surface area (TPSA) is 111 Å². The molecule has 0 fully saturated rings. The number of hydrogen-bond acceptors (Lipinski definition) is 8. The molecule has 174 valence electrons. The lowest BCUT2D eigenvalue weighted by atomic mass is 10.2. The SMILES string of the molecule is CCNc1ccnc2c(-c3cnc(OCC(F)(F)C(F)(F)F)cn3)c(S(=O)(=O)CC)nn12. The average molecular weight is 480 g/mol. The van der Waals surface area contributed by atoms with Crippen molar-refractivity contribution >= 4 is 21.3 Å². The summed E-state index contributed by atoms with van der Waals surface area (Å²) in [5.41, 5.74) is 0.0939. The summed E-state index contributed by atoms with van der Waals surface area (Å²) in [6.45, 7) is 1.78. The zero-order valence-electron chi connectivity index (χ0n) is 16.7. The quantitative estimate of drug-likeness (QED) is 0.490. The van der Waals surface area contributed by atoms with E-state index >= 15 is 0 Å². The molecule has 0 bridgehead atoms. The molecular formula is C17H17F5N6O3S. The van der Waals surface area contributed by atoms with Crippen LogP contribution < -0.4 is 10.1 Å². The summed E-state index contributed by atoms with van der Waals surface area (Å²) in [7, 11) is -3.85. The van der Waals surface area contributed by atoms with E-state index in [1.165, 1.54) is 17.6 Å². The summed E-state index contributed by atoms with van der Waals surface area (Å²) in [5.74, 6) is -5.50. The number of halogens is 5. The number of nitrogens with one attached hydrogen (secondary N) is 1. The first-order valence-corrected chi connectivity index (χ1v) is 10.8. The molecule has 1 N–H and O–H groups in total. The van der Waals surface area contributed by atoms with E-state index in [2.05, 4.69) is 30.1 Å². The van der Waals surface area contributed by atoms with Gasteiger partial charge in [0.1, 0.15) is 5.82 Å². The number of rotatable bonds is 8. The van der Waals surface area contributed by atoms with E-state index in [1.54, 1.807) is 6.07 Å². The number of ether oxygens (including phenoxy) is 1. The van der Waals surface area contributed by atoms with Gasteiger partial charge in [-0.25, -0.2) is 23.4 Å². The molecule has 3 aromatic heterocycles. The molecule has 15 heteroatoms. The van der Waals surface area contributed by atoms with Crippen LogP contribution in [0.25, 0.3) is 16.9 Å². The maximum absolute atomic E-state index is 13.0. The van der Waals surface area contributed by atoms with Crippen LogP contribution in [0, 0.1) is 0 Å². The molecule has 0 atom stereocenters. The summed E-state index contributed by atoms with van der Waals surface area (Å²) >= 11 is 0. The van der Waals surface area contributed by atoms with Gasteiger partial charge in [0.05, 0.1) is 29.4 Å². The molecule has 32 heavy (non-hydrogen) atoms. The minimum atomic E-state index is -5.78. The molecule has 3 heterocycles. The Morgan fingerprint density at radius 2 is 1.81 bits per heavy atom. The number of hydrogen-bond donors (Lipinski definition) is 1. The highest BCUT2D eigenvalue weighted by Gasteiger charge is 2.58. The Morgan fingerprint density at radius 1 is 1.09 bits per heavy atom. The van der Waals surface area contributed by atoms with Gasteiger partial charge in [-0.1, -0.05) is 6.92 Å². The molecule has 0 aliphatic rings. The van der Waals surface area contributed by atoms with E-state index in [4.69, 9.17) is 0 Å². The number of alkyl halides is 5. The molecule has 0 saturated heterocycles. The van der Waals surface area contributed by atoms with E-state index in [1.807, 2.05) is 6.92 Å². The van der Waals surface area contributed by atoms with E-state index < -0.39 is 34.4 Å². The Morgan fingerprint density at radius 3 is 2.38 bits per heavy atom. The number of aromatic nitrogens is 5. The summed E-state index contributed by atoms with van der Waals surface area (Å²) in [5, 5.41) is 6.83. The molecule has 0 aliphatic carbocycles. The van der Waals surface area contributed by atoms with Crippen molar-refractivity contribution in [3.05, 3.63) is 24.7 Å². The third-order valence-electron chi connectivity index (χ3n) is 4.22. The zero-order chi connectivity index (χ0) is 23.7. The summed E-state index contributed by atoms with van der Waals surface area (Å²) in [6.07, 6.45) is -2.57. The van der Waals surface area contributed by atoms with Crippen LogP contribution in [0.1, 0.15) is 13.8 Å². The fourth-order valence-electron chi connectivity index (χ4n) is 2.59. The molecule has 0 unspecified atom stereocenters. The second-order valence-electron chi connectivity index (χ2n) is 6.41. The zero-order valence-corrected chi connectivity index (χ0v) is 17.5. The molecule has 3 rings (SSSR count). The predicted octanol–water partition coefficient (Wildman–Crippen LogP) is 2.99. The van der Waals surface area contributed by atoms with Crippen LogP contribution in [0.5, 0.6) is 5.88 Å². The Bertz CT molecular complexity index is 1210. The number of sulfone groups is 1. The molecule has 0 radical (unpaired) electrons. The van der Waals surface area contributed by atoms with Crippen LogP contribution in [-0.4, -0.2) is 64.0 Å². The lowest BCUT2D eigenvalue weighted by molar-refractivity contribution is -0.290. The maximum atomic E-state index is 13.0. The lowest BCUT2D eigenvalue weighted by Crippen LogP contribution is -2.41. The van der Waals surface area contributed by atoms with Crippen molar-refractivity contribution in [3.8, 4) is 17.1 Å². The molecule has 9 nitrogen and oxygen atoms in total. The van der Waals surface area contributed by atoms with Gasteiger partial charge in [0.25, 0.3) is 0 Å². The molecule has 0 spiro atoms. The van der Waals surface area contributed by atoms with Gasteiger partial charge in [-0.3, -0.25) is 0 Å². The molecule has 0 amide bonds. The second kappa shape index (κ2) is 8.44. The van der Waals surface area contributed by atoms with E-state index in [0.717, 1.165) is 12.4 Å². The standard InChI is InChI=1S/C17H17F5N6O3S/c1-3-23-11-5-6-24-14-13(15(27-28(11)14)32(29,30)4-2)10-7-26-12(8-25-10)31-9-16(18,19)17(20,21)22/h5-8,23H,3-4,9H2,1-2H3. The van der Waals surface area contributed by atoms with Crippen molar-refractivity contribution < 1.29 is 35.1 Å². The highest BCUT2D eigenvalue weighted by Crippen LogP contribution is 2.36. The van der Waals surface area contributed by atoms with Crippen LogP contribution in [0.15, 0.2) is 29.7 Å². The van der Waals surface area contributed by atoms with Gasteiger partial charge in [0.15, 0.2) is 27.1 Å². The maximum Gasteiger partial charge on any atom is 0.456 e. The number of nitrogens with zero attached hydrogens (tertiary/aromatic N) is 5. The third-order valence-corrected chi connectivity index (χ3v) is 5.85. The van der Waals surface area contributed by atoms with Gasteiger partial charge in [0.2, 0.25) is 5.88 Å². The van der Waals surface area contributed by atoms with Crippen LogP contribution in [0.2, 0.25) is 0 Å². The van der Waals surface area contributed by atoms with Crippen molar-refractivity contribution in [2.75, 3.05) is 24.2 Å². The van der Waals surface area contributed by atoms with Crippen molar-refractivity contribution in [2.24, 2.45) is 0 Å². The molecule has 0 aromatic carbocycles. The minimum absolute atomic E-state index is 0.00581. The highest BCUT2D eigenvalue weighted by molar-refractivity contribution is 7.91. The van der Waals surface area contributed by atoms with Crippen LogP contribution in [0.4, 0.5) is 27.8 Å². The van der Waals surface area contributed by atoms with Crippen molar-refractivity contribution in [2.45, 2.75) is 31.0 Å². The summed E-state index contributed by atoms with van der Waals surface area (Å²) < 4.78 is 93.8. The lowest BCUT2D eigenvalue weighted by Gasteiger charge is -2.19. The van der Waals surface area contributed by atoms with Crippen molar-refractivity contribution in [1.82, 2.24) is 24.6 Å². The summed E-state index contributed by atoms with van der Waals surface area (Å²) in [6, 6.07) is 1.58. The second-order valence-corrected chi connectivity index (χ2v) is 8.60. The van der Waals surface area contributed by atoms with E-state index in [0.29, 0.717) is 12.4 Å². The number of fused-ring (bicyclic) bond motifs is 1. The first-order chi connectivity index (χ1) is 14.9. The smallest absolute Gasteiger partial charge is 0.456 e. The molecule has 3 aromatic rings. The Balaban J connectivity index is 2.04. The molecular weight excluding hydrogens is 463 g/mol. The van der Waals surface area contributed by atoms with E-state index in [9.17, 15) is 30.4 Å². The van der Waals surface area contributed by atoms with E-state index in [-0.39, 0.29) is 27.7 Å². The van der Waals surface area contributed by atoms with Gasteiger partial charge < -0.3 is 10.1 Å². The third kappa shape index (κ3) is 4.42. The average Bonchev–Trinajstić information content (AvgIpc) is 3.14. The monoisotopic (exact) mass is 480 g/mol. The van der Waals surface area contributed by atoms with Gasteiger partial charge in [-0.15, -0.1) is 0 Å². The first-order valence-electron chi connectivity index (χ1n) is 9.15. The summed E-state index contributed by atoms with van der Waals surface area (Å²) in [4.78, 5) is 11.8. The highest BCUT2D eigenvalue weighted by atomic mass is 32.2. The van der Waals surface area contributed by atoms with Crippen LogP contribution >= 0.6 is 0 Å². The van der Waals surface area contributed by atoms with Gasteiger partial charge in [-0.2, -0.15) is 31.6 Å². The Labute approximate surface area is 178 Å². The van der Waals surface area contributed by atoms with Crippen LogP contribution in [-0.2, 0) is 9.84 Å². The minimum Gasteiger partial charge on any atom is -0.470 e. The van der Waals surface area contributed by atoms with Gasteiger partial charge in [-0.05, 0) is 13.0 Å². The fraction of sp³-hybridized carbons (Fsp3) is 0.412. The normalized spacial score (nSPS) is 12.8. The largest absolute Gasteiger partial charge is 0.470 e. The van der Waals surface area contributed by atoms with Crippen LogP contribution in [0.3, 0.4) is 0 Å². The van der Waals surface area contributed by atoms with Crippen molar-refractivity contribution in [3.63, 3.8) is 0 Å². The van der Waals surface area contributed by atoms with Gasteiger partial charge in [0, 0.05) is 12.7 Å².